The van der Waals surface area contributed by atoms with E-state index in [2.05, 4.69) is 10.1 Å². The van der Waals surface area contributed by atoms with Gasteiger partial charge in [0.05, 0.1) is 5.88 Å². The average Bonchev–Trinajstić information content (AvgIpc) is 2.71. The van der Waals surface area contributed by atoms with Gasteiger partial charge in [0.2, 0.25) is 0 Å². The van der Waals surface area contributed by atoms with Crippen LogP contribution in [0.1, 0.15) is 17.4 Å². The van der Waals surface area contributed by atoms with Gasteiger partial charge in [-0.2, -0.15) is 0 Å². The number of aryl methyl sites for hydroxylation is 2. The number of halogens is 1. The van der Waals surface area contributed by atoms with Crippen molar-refractivity contribution in [1.29, 1.82) is 0 Å². The molecule has 0 N–H and O–H groups in total. The third kappa shape index (κ3) is 1.53. The van der Waals surface area contributed by atoms with Gasteiger partial charge in [-0.05, 0) is 6.92 Å². The summed E-state index contributed by atoms with van der Waals surface area (Å²) in [5.41, 5.74) is 1.37. The second-order valence-corrected chi connectivity index (χ2v) is 3.22. The minimum atomic E-state index is 0.308. The summed E-state index contributed by atoms with van der Waals surface area (Å²) in [4.78, 5) is 4.20. The van der Waals surface area contributed by atoms with E-state index >= 15 is 0 Å². The van der Waals surface area contributed by atoms with Gasteiger partial charge in [-0.15, -0.1) is 11.6 Å². The largest absolute Gasteiger partial charge is 0.446 e. The van der Waals surface area contributed by atoms with Crippen LogP contribution in [-0.4, -0.2) is 10.1 Å². The number of hydrogen-bond acceptors (Lipinski definition) is 4. The van der Waals surface area contributed by atoms with Crippen LogP contribution in [-0.2, 0) is 5.88 Å². The second-order valence-electron chi connectivity index (χ2n) is 2.95. The third-order valence-corrected chi connectivity index (χ3v) is 2.10. The molecule has 74 valence electrons. The number of alkyl halides is 1. The van der Waals surface area contributed by atoms with E-state index in [1.807, 2.05) is 6.92 Å². The SMILES string of the molecule is Cc1nc(-c2cc(CCl)on2)c(C)o1. The van der Waals surface area contributed by atoms with Crippen LogP contribution in [0.5, 0.6) is 0 Å². The predicted octanol–water partition coefficient (Wildman–Crippen LogP) is 2.69. The summed E-state index contributed by atoms with van der Waals surface area (Å²) in [6.07, 6.45) is 0. The van der Waals surface area contributed by atoms with Crippen LogP contribution in [0, 0.1) is 13.8 Å². The van der Waals surface area contributed by atoms with Crippen molar-refractivity contribution >= 4 is 11.6 Å². The second kappa shape index (κ2) is 3.46. The van der Waals surface area contributed by atoms with Crippen molar-refractivity contribution in [2.45, 2.75) is 19.7 Å². The van der Waals surface area contributed by atoms with Crippen molar-refractivity contribution in [3.05, 3.63) is 23.5 Å². The summed E-state index contributed by atoms with van der Waals surface area (Å²) in [6.45, 7) is 3.63. The highest BCUT2D eigenvalue weighted by Gasteiger charge is 2.13. The lowest BCUT2D eigenvalue weighted by molar-refractivity contribution is 0.396. The van der Waals surface area contributed by atoms with Gasteiger partial charge in [-0.1, -0.05) is 5.16 Å². The van der Waals surface area contributed by atoms with Crippen LogP contribution in [0.4, 0.5) is 0 Å². The molecule has 0 saturated carbocycles. The van der Waals surface area contributed by atoms with Crippen molar-refractivity contribution in [1.82, 2.24) is 10.1 Å². The Bertz CT molecular complexity index is 447. The highest BCUT2D eigenvalue weighted by molar-refractivity contribution is 6.16. The molecule has 0 fully saturated rings. The maximum Gasteiger partial charge on any atom is 0.191 e. The first kappa shape index (κ1) is 9.27. The molecular formula is C9H9ClN2O2. The molecule has 0 aliphatic heterocycles. The fourth-order valence-electron chi connectivity index (χ4n) is 1.25. The van der Waals surface area contributed by atoms with Crippen LogP contribution in [0.15, 0.2) is 15.0 Å². The minimum Gasteiger partial charge on any atom is -0.446 e. The Balaban J connectivity index is 2.43. The number of nitrogens with zero attached hydrogens (tertiary/aromatic N) is 2. The normalized spacial score (nSPS) is 10.8. The molecule has 0 unspecified atom stereocenters. The van der Waals surface area contributed by atoms with Gasteiger partial charge in [0, 0.05) is 13.0 Å². The molecule has 0 aliphatic rings. The molecule has 14 heavy (non-hydrogen) atoms. The van der Waals surface area contributed by atoms with E-state index in [9.17, 15) is 0 Å². The monoisotopic (exact) mass is 212 g/mol. The first-order valence-corrected chi connectivity index (χ1v) is 4.70. The standard InChI is InChI=1S/C9H9ClN2O2/c1-5-9(11-6(2)13-5)8-3-7(4-10)14-12-8/h3H,4H2,1-2H3. The van der Waals surface area contributed by atoms with Gasteiger partial charge >= 0.3 is 0 Å². The fraction of sp³-hybridized carbons (Fsp3) is 0.333. The van der Waals surface area contributed by atoms with E-state index in [4.69, 9.17) is 20.5 Å². The lowest BCUT2D eigenvalue weighted by atomic mass is 10.2. The zero-order valence-corrected chi connectivity index (χ0v) is 8.63. The molecule has 0 aliphatic carbocycles. The van der Waals surface area contributed by atoms with Crippen LogP contribution in [0.2, 0.25) is 0 Å². The molecule has 0 spiro atoms. The minimum absolute atomic E-state index is 0.308. The molecule has 0 saturated heterocycles. The van der Waals surface area contributed by atoms with E-state index in [0.717, 1.165) is 5.76 Å². The lowest BCUT2D eigenvalue weighted by Gasteiger charge is -1.85. The molecule has 0 amide bonds. The van der Waals surface area contributed by atoms with E-state index < -0.39 is 0 Å². The summed E-state index contributed by atoms with van der Waals surface area (Å²) in [5, 5.41) is 3.85. The predicted molar refractivity (Wildman–Crippen MR) is 51.0 cm³/mol. The Morgan fingerprint density at radius 3 is 2.71 bits per heavy atom. The van der Waals surface area contributed by atoms with Gasteiger partial charge in [0.1, 0.15) is 17.1 Å². The quantitative estimate of drug-likeness (QED) is 0.719. The van der Waals surface area contributed by atoms with Gasteiger partial charge in [-0.3, -0.25) is 0 Å². The molecule has 2 rings (SSSR count). The summed E-state index contributed by atoms with van der Waals surface area (Å²) < 4.78 is 10.3. The van der Waals surface area contributed by atoms with E-state index in [1.165, 1.54) is 0 Å². The number of rotatable bonds is 2. The molecule has 4 nitrogen and oxygen atoms in total. The molecule has 0 bridgehead atoms. The molecule has 2 aromatic heterocycles. The number of oxazole rings is 1. The van der Waals surface area contributed by atoms with Crippen molar-refractivity contribution in [3.8, 4) is 11.4 Å². The molecular weight excluding hydrogens is 204 g/mol. The lowest BCUT2D eigenvalue weighted by Crippen LogP contribution is -1.79. The van der Waals surface area contributed by atoms with Crippen LogP contribution in [0.25, 0.3) is 11.4 Å². The Labute approximate surface area is 85.9 Å². The summed E-state index contributed by atoms with van der Waals surface area (Å²) >= 11 is 5.60. The van der Waals surface area contributed by atoms with Crippen molar-refractivity contribution in [2.75, 3.05) is 0 Å². The van der Waals surface area contributed by atoms with E-state index in [1.54, 1.807) is 13.0 Å². The first-order valence-electron chi connectivity index (χ1n) is 4.16. The summed E-state index contributed by atoms with van der Waals surface area (Å²) in [7, 11) is 0. The summed E-state index contributed by atoms with van der Waals surface area (Å²) in [5.74, 6) is 2.29. The highest BCUT2D eigenvalue weighted by atomic mass is 35.5. The topological polar surface area (TPSA) is 52.1 Å². The van der Waals surface area contributed by atoms with Crippen molar-refractivity contribution in [2.24, 2.45) is 0 Å². The zero-order chi connectivity index (χ0) is 10.1. The average molecular weight is 213 g/mol. The van der Waals surface area contributed by atoms with Crippen LogP contribution >= 0.6 is 11.6 Å². The molecule has 0 atom stereocenters. The van der Waals surface area contributed by atoms with Gasteiger partial charge in [0.25, 0.3) is 0 Å². The number of aromatic nitrogens is 2. The molecule has 2 heterocycles. The van der Waals surface area contributed by atoms with Gasteiger partial charge in [0.15, 0.2) is 11.7 Å². The number of hydrogen-bond donors (Lipinski definition) is 0. The Kier molecular flexibility index (Phi) is 2.29. The van der Waals surface area contributed by atoms with Crippen molar-refractivity contribution < 1.29 is 8.94 Å². The van der Waals surface area contributed by atoms with E-state index in [0.29, 0.717) is 28.9 Å². The van der Waals surface area contributed by atoms with Crippen LogP contribution in [0.3, 0.4) is 0 Å². The molecule has 2 aromatic rings. The third-order valence-electron chi connectivity index (χ3n) is 1.84. The summed E-state index contributed by atoms with van der Waals surface area (Å²) in [6, 6.07) is 1.76. The maximum atomic E-state index is 5.60. The fourth-order valence-corrected chi connectivity index (χ4v) is 1.38. The highest BCUT2D eigenvalue weighted by Crippen LogP contribution is 2.23. The Hall–Kier alpha value is -1.29. The molecule has 0 radical (unpaired) electrons. The zero-order valence-electron chi connectivity index (χ0n) is 7.87. The maximum absolute atomic E-state index is 5.60. The smallest absolute Gasteiger partial charge is 0.191 e. The molecule has 0 aromatic carbocycles. The first-order chi connectivity index (χ1) is 6.70. The van der Waals surface area contributed by atoms with Crippen molar-refractivity contribution in [3.63, 3.8) is 0 Å². The van der Waals surface area contributed by atoms with Gasteiger partial charge < -0.3 is 8.94 Å². The van der Waals surface area contributed by atoms with E-state index in [-0.39, 0.29) is 0 Å². The Morgan fingerprint density at radius 2 is 2.21 bits per heavy atom. The van der Waals surface area contributed by atoms with Gasteiger partial charge in [-0.25, -0.2) is 4.98 Å². The Morgan fingerprint density at radius 1 is 1.43 bits per heavy atom. The van der Waals surface area contributed by atoms with Crippen LogP contribution < -0.4 is 0 Å². The molecule has 5 heteroatoms.